The van der Waals surface area contributed by atoms with Gasteiger partial charge in [0.15, 0.2) is 0 Å². The summed E-state index contributed by atoms with van der Waals surface area (Å²) in [6.45, 7) is 11.4. The van der Waals surface area contributed by atoms with E-state index < -0.39 is 0 Å². The maximum Gasteiger partial charge on any atom is 0.144 e. The maximum absolute atomic E-state index is 12.3. The van der Waals surface area contributed by atoms with Gasteiger partial charge in [-0.3, -0.25) is 4.79 Å². The van der Waals surface area contributed by atoms with Gasteiger partial charge in [-0.15, -0.1) is 0 Å². The number of nitrogens with zero attached hydrogens (tertiary/aromatic N) is 3. The summed E-state index contributed by atoms with van der Waals surface area (Å²) < 4.78 is 1.79. The number of carbonyl (C=O) groups is 1. The Bertz CT molecular complexity index is 431. The Kier molecular flexibility index (Phi) is 2.64. The molecule has 0 spiro atoms. The predicted molar refractivity (Wildman–Crippen MR) is 65.5 cm³/mol. The van der Waals surface area contributed by atoms with Crippen LogP contribution in [0.25, 0.3) is 0 Å². The average molecular weight is 235 g/mol. The first-order valence-corrected chi connectivity index (χ1v) is 6.21. The first-order chi connectivity index (χ1) is 7.82. The maximum atomic E-state index is 12.3. The van der Waals surface area contributed by atoms with E-state index in [4.69, 9.17) is 0 Å². The molecule has 4 nitrogen and oxygen atoms in total. The zero-order valence-electron chi connectivity index (χ0n) is 11.3. The quantitative estimate of drug-likeness (QED) is 0.803. The zero-order valence-corrected chi connectivity index (χ0v) is 11.3. The van der Waals surface area contributed by atoms with Crippen molar-refractivity contribution in [3.05, 3.63) is 12.2 Å². The monoisotopic (exact) mass is 235 g/mol. The standard InChI is InChI=1S/C13H21N3O/c1-6-16-10(14-8-15-16)7-9(17)11-12(2,3)13(11,4)5/h8,11H,6-7H2,1-5H3. The second-order valence-corrected chi connectivity index (χ2v) is 6.01. The van der Waals surface area contributed by atoms with Gasteiger partial charge in [-0.1, -0.05) is 27.7 Å². The number of aryl methyl sites for hydroxylation is 1. The summed E-state index contributed by atoms with van der Waals surface area (Å²) in [5, 5.41) is 4.09. The average Bonchev–Trinajstić information content (AvgIpc) is 2.57. The van der Waals surface area contributed by atoms with Crippen molar-refractivity contribution in [1.82, 2.24) is 14.8 Å². The Labute approximate surface area is 102 Å². The molecule has 17 heavy (non-hydrogen) atoms. The Morgan fingerprint density at radius 2 is 1.94 bits per heavy atom. The van der Waals surface area contributed by atoms with Crippen LogP contribution in [0.3, 0.4) is 0 Å². The molecule has 0 amide bonds. The predicted octanol–water partition coefficient (Wildman–Crippen LogP) is 2.09. The number of Topliss-reactive ketones (excluding diaryl/α,β-unsaturated/α-hetero) is 1. The minimum absolute atomic E-state index is 0.112. The summed E-state index contributed by atoms with van der Waals surface area (Å²) in [5.41, 5.74) is 0.225. The third-order valence-corrected chi connectivity index (χ3v) is 4.67. The van der Waals surface area contributed by atoms with Crippen LogP contribution in [0, 0.1) is 16.7 Å². The van der Waals surface area contributed by atoms with Gasteiger partial charge in [0.25, 0.3) is 0 Å². The van der Waals surface area contributed by atoms with Crippen LogP contribution in [-0.2, 0) is 17.8 Å². The van der Waals surface area contributed by atoms with Crippen LogP contribution >= 0.6 is 0 Å². The molecule has 0 unspecified atom stereocenters. The summed E-state index contributed by atoms with van der Waals surface area (Å²) in [6, 6.07) is 0. The molecule has 0 aromatic carbocycles. The molecule has 1 aromatic heterocycles. The molecule has 4 heteroatoms. The van der Waals surface area contributed by atoms with Crippen LogP contribution in [0.1, 0.15) is 40.4 Å². The summed E-state index contributed by atoms with van der Waals surface area (Å²) in [4.78, 5) is 16.5. The van der Waals surface area contributed by atoms with Crippen LogP contribution in [0.4, 0.5) is 0 Å². The highest BCUT2D eigenvalue weighted by atomic mass is 16.1. The molecule has 94 valence electrons. The van der Waals surface area contributed by atoms with Crippen molar-refractivity contribution < 1.29 is 4.79 Å². The molecule has 1 fully saturated rings. The fourth-order valence-electron chi connectivity index (χ4n) is 2.95. The molecule has 0 N–H and O–H groups in total. The highest BCUT2D eigenvalue weighted by Crippen LogP contribution is 2.68. The lowest BCUT2D eigenvalue weighted by atomic mass is 10.0. The van der Waals surface area contributed by atoms with Gasteiger partial charge >= 0.3 is 0 Å². The van der Waals surface area contributed by atoms with E-state index in [-0.39, 0.29) is 16.7 Å². The zero-order chi connectivity index (χ0) is 12.8. The molecule has 1 aromatic rings. The SMILES string of the molecule is CCn1ncnc1CC(=O)C1C(C)(C)C1(C)C. The van der Waals surface area contributed by atoms with Gasteiger partial charge in [0.05, 0.1) is 6.42 Å². The summed E-state index contributed by atoms with van der Waals surface area (Å²) in [6.07, 6.45) is 1.93. The Morgan fingerprint density at radius 3 is 2.41 bits per heavy atom. The van der Waals surface area contributed by atoms with Crippen molar-refractivity contribution in [3.8, 4) is 0 Å². The van der Waals surface area contributed by atoms with Gasteiger partial charge in [0.2, 0.25) is 0 Å². The normalized spacial score (nSPS) is 21.5. The van der Waals surface area contributed by atoms with Crippen molar-refractivity contribution in [3.63, 3.8) is 0 Å². The first kappa shape index (κ1) is 12.3. The van der Waals surface area contributed by atoms with E-state index in [9.17, 15) is 4.79 Å². The van der Waals surface area contributed by atoms with E-state index in [1.54, 1.807) is 4.68 Å². The van der Waals surface area contributed by atoms with Gasteiger partial charge in [-0.05, 0) is 17.8 Å². The molecule has 0 bridgehead atoms. The number of ketones is 1. The lowest BCUT2D eigenvalue weighted by Gasteiger charge is -2.03. The van der Waals surface area contributed by atoms with Crippen LogP contribution < -0.4 is 0 Å². The van der Waals surface area contributed by atoms with E-state index >= 15 is 0 Å². The molecule has 2 rings (SSSR count). The van der Waals surface area contributed by atoms with Crippen molar-refractivity contribution >= 4 is 5.78 Å². The number of carbonyl (C=O) groups excluding carboxylic acids is 1. The Hall–Kier alpha value is -1.19. The molecule has 0 aliphatic heterocycles. The summed E-state index contributed by atoms with van der Waals surface area (Å²) in [5.74, 6) is 1.23. The van der Waals surface area contributed by atoms with E-state index in [0.717, 1.165) is 12.4 Å². The minimum atomic E-state index is 0.112. The van der Waals surface area contributed by atoms with Gasteiger partial charge in [0, 0.05) is 12.5 Å². The van der Waals surface area contributed by atoms with E-state index in [0.29, 0.717) is 12.2 Å². The van der Waals surface area contributed by atoms with Crippen molar-refractivity contribution in [2.75, 3.05) is 0 Å². The lowest BCUT2D eigenvalue weighted by molar-refractivity contribution is -0.120. The minimum Gasteiger partial charge on any atom is -0.299 e. The van der Waals surface area contributed by atoms with E-state index in [1.807, 2.05) is 6.92 Å². The largest absolute Gasteiger partial charge is 0.299 e. The Morgan fingerprint density at radius 1 is 1.35 bits per heavy atom. The second-order valence-electron chi connectivity index (χ2n) is 6.01. The second kappa shape index (κ2) is 3.65. The topological polar surface area (TPSA) is 47.8 Å². The molecule has 0 atom stereocenters. The highest BCUT2D eigenvalue weighted by Gasteiger charge is 2.67. The van der Waals surface area contributed by atoms with Crippen molar-refractivity contribution in [2.45, 2.75) is 47.6 Å². The Balaban J connectivity index is 2.10. The van der Waals surface area contributed by atoms with Crippen molar-refractivity contribution in [2.24, 2.45) is 16.7 Å². The van der Waals surface area contributed by atoms with Gasteiger partial charge < -0.3 is 0 Å². The number of hydrogen-bond acceptors (Lipinski definition) is 3. The number of hydrogen-bond donors (Lipinski definition) is 0. The molecular formula is C13H21N3O. The molecule has 1 aliphatic rings. The van der Waals surface area contributed by atoms with Crippen molar-refractivity contribution in [1.29, 1.82) is 0 Å². The lowest BCUT2D eigenvalue weighted by Crippen LogP contribution is -2.14. The van der Waals surface area contributed by atoms with E-state index in [2.05, 4.69) is 37.8 Å². The van der Waals surface area contributed by atoms with Crippen LogP contribution in [0.15, 0.2) is 6.33 Å². The molecule has 0 radical (unpaired) electrons. The molecule has 1 heterocycles. The van der Waals surface area contributed by atoms with Gasteiger partial charge in [0.1, 0.15) is 17.9 Å². The van der Waals surface area contributed by atoms with Gasteiger partial charge in [-0.25, -0.2) is 9.67 Å². The third-order valence-electron chi connectivity index (χ3n) is 4.67. The third kappa shape index (κ3) is 1.70. The summed E-state index contributed by atoms with van der Waals surface area (Å²) >= 11 is 0. The molecule has 1 saturated carbocycles. The molecular weight excluding hydrogens is 214 g/mol. The van der Waals surface area contributed by atoms with Crippen LogP contribution in [-0.4, -0.2) is 20.5 Å². The van der Waals surface area contributed by atoms with Crippen LogP contribution in [0.5, 0.6) is 0 Å². The van der Waals surface area contributed by atoms with E-state index in [1.165, 1.54) is 6.33 Å². The van der Waals surface area contributed by atoms with Crippen LogP contribution in [0.2, 0.25) is 0 Å². The fourth-order valence-corrected chi connectivity index (χ4v) is 2.95. The smallest absolute Gasteiger partial charge is 0.144 e. The van der Waals surface area contributed by atoms with Gasteiger partial charge in [-0.2, -0.15) is 5.10 Å². The summed E-state index contributed by atoms with van der Waals surface area (Å²) in [7, 11) is 0. The number of aromatic nitrogens is 3. The first-order valence-electron chi connectivity index (χ1n) is 6.21. The molecule has 1 aliphatic carbocycles. The number of rotatable bonds is 4. The fraction of sp³-hybridized carbons (Fsp3) is 0.769. The molecule has 0 saturated heterocycles. The highest BCUT2D eigenvalue weighted by molar-refractivity contribution is 5.87.